The third kappa shape index (κ3) is 4.33. The smallest absolute Gasteiger partial charge is 0.306 e. The number of nitrogens with zero attached hydrogens (tertiary/aromatic N) is 1. The van der Waals surface area contributed by atoms with Crippen LogP contribution in [0.1, 0.15) is 12.0 Å². The molecule has 1 aliphatic rings. The maximum Gasteiger partial charge on any atom is 0.306 e. The summed E-state index contributed by atoms with van der Waals surface area (Å²) in [4.78, 5) is 12.9. The van der Waals surface area contributed by atoms with Crippen molar-refractivity contribution in [2.24, 2.45) is 0 Å². The van der Waals surface area contributed by atoms with Gasteiger partial charge in [-0.15, -0.1) is 0 Å². The lowest BCUT2D eigenvalue weighted by Gasteiger charge is -2.32. The minimum atomic E-state index is -0.851. The fraction of sp³-hybridized carbons (Fsp3) is 0.500. The van der Waals surface area contributed by atoms with Gasteiger partial charge in [0.1, 0.15) is 0 Å². The summed E-state index contributed by atoms with van der Waals surface area (Å²) in [6.45, 7) is 2.49. The van der Waals surface area contributed by atoms with E-state index in [1.807, 2.05) is 6.07 Å². The summed E-state index contributed by atoms with van der Waals surface area (Å²) >= 11 is 3.30. The predicted molar refractivity (Wildman–Crippen MR) is 79.6 cm³/mol. The summed E-state index contributed by atoms with van der Waals surface area (Å²) in [5.41, 5.74) is 0.979. The predicted octanol–water partition coefficient (Wildman–Crippen LogP) is 1.84. The number of carboxylic acid groups (broad SMARTS) is 1. The number of carbonyl (C=O) groups is 1. The number of hydrogen-bond acceptors (Lipinski definition) is 5. The highest BCUT2D eigenvalue weighted by Crippen LogP contribution is 2.35. The zero-order valence-electron chi connectivity index (χ0n) is 11.7. The average molecular weight is 360 g/mol. The third-order valence-electron chi connectivity index (χ3n) is 3.34. The fourth-order valence-corrected chi connectivity index (χ4v) is 2.86. The minimum absolute atomic E-state index is 0.0130. The summed E-state index contributed by atoms with van der Waals surface area (Å²) in [7, 11) is 1.50. The molecule has 6 nitrogen and oxygen atoms in total. The van der Waals surface area contributed by atoms with E-state index in [0.29, 0.717) is 29.9 Å². The number of methoxy groups -OCH3 is 1. The second-order valence-electron chi connectivity index (χ2n) is 4.95. The first-order chi connectivity index (χ1) is 9.99. The molecule has 21 heavy (non-hydrogen) atoms. The van der Waals surface area contributed by atoms with Gasteiger partial charge in [-0.3, -0.25) is 9.69 Å². The molecule has 1 aliphatic heterocycles. The number of aromatic hydroxyl groups is 1. The number of benzene rings is 1. The van der Waals surface area contributed by atoms with Crippen molar-refractivity contribution in [2.45, 2.75) is 19.1 Å². The quantitative estimate of drug-likeness (QED) is 0.834. The van der Waals surface area contributed by atoms with E-state index >= 15 is 0 Å². The van der Waals surface area contributed by atoms with Gasteiger partial charge in [-0.2, -0.15) is 0 Å². The zero-order valence-corrected chi connectivity index (χ0v) is 13.3. The van der Waals surface area contributed by atoms with Crippen LogP contribution >= 0.6 is 15.9 Å². The van der Waals surface area contributed by atoms with Gasteiger partial charge in [-0.1, -0.05) is 0 Å². The van der Waals surface area contributed by atoms with Crippen LogP contribution in [0.3, 0.4) is 0 Å². The number of aliphatic carboxylic acids is 1. The first-order valence-corrected chi connectivity index (χ1v) is 7.40. The van der Waals surface area contributed by atoms with Crippen LogP contribution in [-0.2, 0) is 16.1 Å². The number of rotatable bonds is 5. The summed E-state index contributed by atoms with van der Waals surface area (Å²) in [6.07, 6.45) is -0.266. The molecule has 0 radical (unpaired) electrons. The molecule has 1 aromatic carbocycles. The van der Waals surface area contributed by atoms with Gasteiger partial charge in [0.2, 0.25) is 0 Å². The second-order valence-corrected chi connectivity index (χ2v) is 5.81. The molecule has 7 heteroatoms. The molecule has 0 saturated carbocycles. The molecule has 2 N–H and O–H groups in total. The maximum atomic E-state index is 10.7. The van der Waals surface area contributed by atoms with Crippen molar-refractivity contribution >= 4 is 21.9 Å². The van der Waals surface area contributed by atoms with Gasteiger partial charge in [0.05, 0.1) is 30.7 Å². The molecule has 1 heterocycles. The van der Waals surface area contributed by atoms with Crippen LogP contribution in [0, 0.1) is 0 Å². The van der Waals surface area contributed by atoms with Crippen LogP contribution in [0.2, 0.25) is 0 Å². The van der Waals surface area contributed by atoms with Crippen LogP contribution in [0.25, 0.3) is 0 Å². The Hall–Kier alpha value is -1.31. The molecule has 0 aromatic heterocycles. The molecule has 116 valence electrons. The molecular weight excluding hydrogens is 342 g/mol. The molecule has 0 aliphatic carbocycles. The van der Waals surface area contributed by atoms with Crippen molar-refractivity contribution in [1.29, 1.82) is 0 Å². The minimum Gasteiger partial charge on any atom is -0.503 e. The number of carboxylic acids is 1. The van der Waals surface area contributed by atoms with Gasteiger partial charge in [-0.05, 0) is 33.6 Å². The summed E-state index contributed by atoms with van der Waals surface area (Å²) in [6, 6.07) is 3.61. The van der Waals surface area contributed by atoms with E-state index in [1.54, 1.807) is 6.07 Å². The van der Waals surface area contributed by atoms with Crippen LogP contribution in [0.5, 0.6) is 11.5 Å². The largest absolute Gasteiger partial charge is 0.503 e. The Kier molecular flexibility index (Phi) is 5.44. The van der Waals surface area contributed by atoms with Crippen molar-refractivity contribution in [3.8, 4) is 11.5 Å². The average Bonchev–Trinajstić information content (AvgIpc) is 2.42. The van der Waals surface area contributed by atoms with Crippen LogP contribution in [0.15, 0.2) is 16.6 Å². The molecule has 1 aromatic rings. The summed E-state index contributed by atoms with van der Waals surface area (Å²) in [5.74, 6) is -0.363. The lowest BCUT2D eigenvalue weighted by Crippen LogP contribution is -2.42. The molecular formula is C14H18BrNO5. The number of phenols is 1. The Balaban J connectivity index is 2.04. The van der Waals surface area contributed by atoms with Crippen LogP contribution < -0.4 is 4.74 Å². The zero-order chi connectivity index (χ0) is 15.4. The highest BCUT2D eigenvalue weighted by molar-refractivity contribution is 9.10. The lowest BCUT2D eigenvalue weighted by molar-refractivity contribution is -0.142. The number of ether oxygens (including phenoxy) is 2. The van der Waals surface area contributed by atoms with E-state index in [1.165, 1.54) is 7.11 Å². The highest BCUT2D eigenvalue weighted by atomic mass is 79.9. The molecule has 1 unspecified atom stereocenters. The number of hydrogen-bond donors (Lipinski definition) is 2. The molecule has 0 spiro atoms. The Morgan fingerprint density at radius 3 is 3.00 bits per heavy atom. The highest BCUT2D eigenvalue weighted by Gasteiger charge is 2.23. The molecule has 1 saturated heterocycles. The molecule has 2 rings (SSSR count). The first-order valence-electron chi connectivity index (χ1n) is 6.60. The van der Waals surface area contributed by atoms with Crippen molar-refractivity contribution in [2.75, 3.05) is 26.8 Å². The van der Waals surface area contributed by atoms with Gasteiger partial charge in [0.25, 0.3) is 0 Å². The van der Waals surface area contributed by atoms with Crippen molar-refractivity contribution in [1.82, 2.24) is 4.90 Å². The standard InChI is InChI=1S/C14H18BrNO5/c1-20-12-5-9(4-11(15)14(12)19)7-16-2-3-21-10(8-16)6-13(17)18/h4-5,10,19H,2-3,6-8H2,1H3,(H,17,18). The number of morpholine rings is 1. The van der Waals surface area contributed by atoms with Gasteiger partial charge in [0, 0.05) is 19.6 Å². The molecule has 1 fully saturated rings. The second kappa shape index (κ2) is 7.11. The van der Waals surface area contributed by atoms with Crippen molar-refractivity contribution in [3.63, 3.8) is 0 Å². The van der Waals surface area contributed by atoms with Crippen molar-refractivity contribution in [3.05, 3.63) is 22.2 Å². The number of phenolic OH excluding ortho intramolecular Hbond substituents is 1. The maximum absolute atomic E-state index is 10.7. The monoisotopic (exact) mass is 359 g/mol. The third-order valence-corrected chi connectivity index (χ3v) is 3.94. The van der Waals surface area contributed by atoms with E-state index < -0.39 is 5.97 Å². The Labute approximate surface area is 131 Å². The van der Waals surface area contributed by atoms with Gasteiger partial charge < -0.3 is 19.7 Å². The summed E-state index contributed by atoms with van der Waals surface area (Å²) in [5, 5.41) is 18.6. The van der Waals surface area contributed by atoms with Crippen LogP contribution in [-0.4, -0.2) is 54.0 Å². The van der Waals surface area contributed by atoms with Crippen LogP contribution in [0.4, 0.5) is 0 Å². The molecule has 1 atom stereocenters. The fourth-order valence-electron chi connectivity index (χ4n) is 2.37. The Morgan fingerprint density at radius 2 is 2.33 bits per heavy atom. The summed E-state index contributed by atoms with van der Waals surface area (Å²) < 4.78 is 11.2. The van der Waals surface area contributed by atoms with E-state index in [4.69, 9.17) is 14.6 Å². The van der Waals surface area contributed by atoms with E-state index in [0.717, 1.165) is 12.1 Å². The van der Waals surface area contributed by atoms with Gasteiger partial charge in [-0.25, -0.2) is 0 Å². The van der Waals surface area contributed by atoms with E-state index in [-0.39, 0.29) is 18.3 Å². The number of halogens is 1. The molecule has 0 bridgehead atoms. The lowest BCUT2D eigenvalue weighted by atomic mass is 10.1. The Bertz CT molecular complexity index is 522. The SMILES string of the molecule is COc1cc(CN2CCOC(CC(=O)O)C2)cc(Br)c1O. The van der Waals surface area contributed by atoms with E-state index in [9.17, 15) is 9.90 Å². The van der Waals surface area contributed by atoms with Crippen molar-refractivity contribution < 1.29 is 24.5 Å². The Morgan fingerprint density at radius 1 is 1.57 bits per heavy atom. The topological polar surface area (TPSA) is 79.2 Å². The molecule has 0 amide bonds. The van der Waals surface area contributed by atoms with Gasteiger partial charge >= 0.3 is 5.97 Å². The normalized spacial score (nSPS) is 19.4. The first kappa shape index (κ1) is 16.1. The van der Waals surface area contributed by atoms with E-state index in [2.05, 4.69) is 20.8 Å². The van der Waals surface area contributed by atoms with Gasteiger partial charge in [0.15, 0.2) is 11.5 Å².